The molecule has 254 valence electrons. The summed E-state index contributed by atoms with van der Waals surface area (Å²) >= 11 is 0. The minimum Gasteiger partial charge on any atom is -0.490 e. The maximum atomic E-state index is 12.8. The summed E-state index contributed by atoms with van der Waals surface area (Å²) in [4.78, 5) is 20.0. The third kappa shape index (κ3) is 6.98. The quantitative estimate of drug-likeness (QED) is 0.222. The van der Waals surface area contributed by atoms with Crippen LogP contribution in [-0.2, 0) is 14.3 Å². The number of aliphatic carboxylic acids is 1. The van der Waals surface area contributed by atoms with Gasteiger partial charge in [0.1, 0.15) is 11.6 Å². The average Bonchev–Trinajstić information content (AvgIpc) is 3.44. The average molecular weight is 653 g/mol. The summed E-state index contributed by atoms with van der Waals surface area (Å²) in [5.74, 6) is 0.485. The van der Waals surface area contributed by atoms with Crippen LogP contribution in [0.15, 0.2) is 54.6 Å². The van der Waals surface area contributed by atoms with Gasteiger partial charge in [0.05, 0.1) is 35.2 Å². The van der Waals surface area contributed by atoms with Gasteiger partial charge in [-0.15, -0.1) is 0 Å². The SMILES string of the molecule is Cc1cc2c(cc1C)-c1cccc(c1)-c1cc3nc(C)c([C@H](OC(C)(C)C)C(=O)O)c(n3n1)N1CCC(C)(CC1)OCC=CC[C@H](C)O2. The summed E-state index contributed by atoms with van der Waals surface area (Å²) in [5.41, 5.74) is 6.85. The number of fused-ring (bicyclic) bond motifs is 7. The van der Waals surface area contributed by atoms with E-state index in [4.69, 9.17) is 24.3 Å². The second kappa shape index (κ2) is 13.0. The Balaban J connectivity index is 1.55. The molecular weight excluding hydrogens is 604 g/mol. The predicted molar refractivity (Wildman–Crippen MR) is 189 cm³/mol. The lowest BCUT2D eigenvalue weighted by molar-refractivity contribution is -0.160. The standard InChI is InChI=1S/C39H48N4O5/c1-24-20-30-28-13-11-14-29(22-28)31-23-33-40-27(4)34(35(37(44)45)48-38(5,6)7)36(43(33)41-31)42-17-15-39(8,16-18-42)46-19-10-9-12-26(3)47-32(30)21-25(24)2/h9-11,13-14,20-23,26,35H,12,15-19H2,1-8H3,(H,44,45)/t26-,35-/m0/s1. The third-order valence-corrected chi connectivity index (χ3v) is 9.44. The van der Waals surface area contributed by atoms with Gasteiger partial charge < -0.3 is 24.2 Å². The van der Waals surface area contributed by atoms with Crippen molar-refractivity contribution in [2.45, 2.75) is 98.1 Å². The van der Waals surface area contributed by atoms with E-state index in [-0.39, 0.29) is 11.7 Å². The van der Waals surface area contributed by atoms with Crippen molar-refractivity contribution in [2.24, 2.45) is 0 Å². The number of hydrogen-bond donors (Lipinski definition) is 1. The number of hydrogen-bond acceptors (Lipinski definition) is 7. The molecule has 3 aliphatic rings. The zero-order valence-electron chi connectivity index (χ0n) is 29.5. The summed E-state index contributed by atoms with van der Waals surface area (Å²) in [7, 11) is 0. The molecule has 0 saturated carbocycles. The van der Waals surface area contributed by atoms with Crippen LogP contribution in [0.2, 0.25) is 0 Å². The van der Waals surface area contributed by atoms with Crippen LogP contribution in [0.4, 0.5) is 5.82 Å². The van der Waals surface area contributed by atoms with Gasteiger partial charge in [0.25, 0.3) is 0 Å². The van der Waals surface area contributed by atoms with E-state index in [0.717, 1.165) is 47.4 Å². The molecule has 1 N–H and O–H groups in total. The van der Waals surface area contributed by atoms with E-state index >= 15 is 0 Å². The van der Waals surface area contributed by atoms with Gasteiger partial charge in [-0.05, 0) is 103 Å². The number of carboxylic acids is 1. The van der Waals surface area contributed by atoms with Crippen molar-refractivity contribution < 1.29 is 24.1 Å². The van der Waals surface area contributed by atoms with Crippen LogP contribution >= 0.6 is 0 Å². The Hall–Kier alpha value is -4.21. The van der Waals surface area contributed by atoms with E-state index in [1.165, 1.54) is 11.1 Å². The molecule has 9 heteroatoms. The number of rotatable bonds is 3. The van der Waals surface area contributed by atoms with Crippen molar-refractivity contribution in [3.05, 3.63) is 77.0 Å². The molecule has 2 atom stereocenters. The van der Waals surface area contributed by atoms with Crippen molar-refractivity contribution in [3.63, 3.8) is 0 Å². The summed E-state index contributed by atoms with van der Waals surface area (Å²) in [5, 5.41) is 15.6. The van der Waals surface area contributed by atoms with Gasteiger partial charge >= 0.3 is 5.97 Å². The van der Waals surface area contributed by atoms with Crippen LogP contribution in [0.25, 0.3) is 28.0 Å². The Morgan fingerprint density at radius 2 is 1.75 bits per heavy atom. The van der Waals surface area contributed by atoms with Gasteiger partial charge in [-0.1, -0.05) is 30.4 Å². The number of nitrogens with zero attached hydrogens (tertiary/aromatic N) is 4. The largest absolute Gasteiger partial charge is 0.490 e. The van der Waals surface area contributed by atoms with E-state index in [1.807, 2.05) is 50.4 Å². The first-order chi connectivity index (χ1) is 22.7. The predicted octanol–water partition coefficient (Wildman–Crippen LogP) is 8.03. The molecule has 2 aromatic carbocycles. The lowest BCUT2D eigenvalue weighted by Gasteiger charge is -2.41. The molecule has 1 saturated heterocycles. The highest BCUT2D eigenvalue weighted by Crippen LogP contribution is 2.40. The molecule has 0 amide bonds. The molecule has 0 unspecified atom stereocenters. The maximum absolute atomic E-state index is 12.8. The van der Waals surface area contributed by atoms with Crippen LogP contribution < -0.4 is 9.64 Å². The van der Waals surface area contributed by atoms with Crippen molar-refractivity contribution in [1.82, 2.24) is 14.6 Å². The van der Waals surface area contributed by atoms with Crippen LogP contribution in [0.5, 0.6) is 5.75 Å². The molecule has 7 rings (SSSR count). The molecule has 2 aromatic heterocycles. The van der Waals surface area contributed by atoms with Crippen molar-refractivity contribution in [1.29, 1.82) is 0 Å². The topological polar surface area (TPSA) is 98.4 Å². The number of aryl methyl sites for hydroxylation is 3. The Bertz CT molecular complexity index is 1860. The van der Waals surface area contributed by atoms with Gasteiger partial charge in [-0.3, -0.25) is 0 Å². The van der Waals surface area contributed by atoms with Crippen LogP contribution in [0.3, 0.4) is 0 Å². The molecule has 5 heterocycles. The van der Waals surface area contributed by atoms with Crippen molar-refractivity contribution >= 4 is 17.4 Å². The fourth-order valence-corrected chi connectivity index (χ4v) is 6.62. The monoisotopic (exact) mass is 652 g/mol. The molecule has 4 aromatic rings. The highest BCUT2D eigenvalue weighted by molar-refractivity contribution is 5.80. The van der Waals surface area contributed by atoms with Gasteiger partial charge in [-0.25, -0.2) is 9.78 Å². The van der Waals surface area contributed by atoms with Gasteiger partial charge in [0, 0.05) is 42.4 Å². The summed E-state index contributed by atoms with van der Waals surface area (Å²) in [6.45, 7) is 17.8. The van der Waals surface area contributed by atoms with Crippen LogP contribution in [0.1, 0.15) is 82.4 Å². The minimum atomic E-state index is -1.22. The fraction of sp³-hybridized carbons (Fsp3) is 0.462. The van der Waals surface area contributed by atoms with Crippen LogP contribution in [-0.4, -0.2) is 62.7 Å². The fourth-order valence-electron chi connectivity index (χ4n) is 6.62. The van der Waals surface area contributed by atoms with Crippen LogP contribution in [0, 0.1) is 20.8 Å². The first kappa shape index (κ1) is 33.7. The third-order valence-electron chi connectivity index (χ3n) is 9.44. The maximum Gasteiger partial charge on any atom is 0.337 e. The lowest BCUT2D eigenvalue weighted by Crippen LogP contribution is -2.45. The lowest BCUT2D eigenvalue weighted by atomic mass is 9.92. The molecule has 0 aliphatic carbocycles. The summed E-state index contributed by atoms with van der Waals surface area (Å²) in [6.07, 6.45) is 5.28. The molecule has 48 heavy (non-hydrogen) atoms. The van der Waals surface area contributed by atoms with E-state index in [2.05, 4.69) is 69.0 Å². The minimum absolute atomic E-state index is 0.0213. The molecule has 9 nitrogen and oxygen atoms in total. The van der Waals surface area contributed by atoms with Crippen molar-refractivity contribution in [3.8, 4) is 28.1 Å². The summed E-state index contributed by atoms with van der Waals surface area (Å²) in [6, 6.07) is 14.6. The van der Waals surface area contributed by atoms with Gasteiger partial charge in [0.2, 0.25) is 0 Å². The first-order valence-electron chi connectivity index (χ1n) is 16.9. The normalized spacial score (nSPS) is 20.8. The number of piperidine rings is 1. The molecule has 0 radical (unpaired) electrons. The second-order valence-electron chi connectivity index (χ2n) is 14.6. The molecule has 1 fully saturated rings. The molecule has 0 spiro atoms. The Morgan fingerprint density at radius 3 is 2.46 bits per heavy atom. The highest BCUT2D eigenvalue weighted by Gasteiger charge is 2.37. The first-order valence-corrected chi connectivity index (χ1v) is 16.9. The molecule has 6 bridgehead atoms. The van der Waals surface area contributed by atoms with E-state index in [9.17, 15) is 9.90 Å². The number of anilines is 1. The number of aromatic nitrogens is 3. The Kier molecular flexibility index (Phi) is 9.13. The highest BCUT2D eigenvalue weighted by atomic mass is 16.5. The van der Waals surface area contributed by atoms with Crippen molar-refractivity contribution in [2.75, 3.05) is 24.6 Å². The van der Waals surface area contributed by atoms with E-state index in [1.54, 1.807) is 0 Å². The zero-order chi connectivity index (χ0) is 34.4. The summed E-state index contributed by atoms with van der Waals surface area (Å²) < 4.78 is 21.0. The number of carboxylic acid groups (broad SMARTS) is 1. The van der Waals surface area contributed by atoms with E-state index < -0.39 is 17.7 Å². The second-order valence-corrected chi connectivity index (χ2v) is 14.6. The number of benzene rings is 2. The molecular formula is C39H48N4O5. The van der Waals surface area contributed by atoms with Gasteiger partial charge in [0.15, 0.2) is 11.8 Å². The molecule has 3 aliphatic heterocycles. The zero-order valence-corrected chi connectivity index (χ0v) is 29.5. The van der Waals surface area contributed by atoms with E-state index in [0.29, 0.717) is 42.4 Å². The number of ether oxygens (including phenoxy) is 3. The van der Waals surface area contributed by atoms with Gasteiger partial charge in [-0.2, -0.15) is 9.61 Å². The smallest absolute Gasteiger partial charge is 0.337 e. The Morgan fingerprint density at radius 1 is 1.04 bits per heavy atom. The Labute approximate surface area is 283 Å². The number of carbonyl (C=O) groups is 1.